The smallest absolute Gasteiger partial charge is 0.481 e. The van der Waals surface area contributed by atoms with Crippen LogP contribution >= 0.6 is 0 Å². The van der Waals surface area contributed by atoms with Gasteiger partial charge in [-0.3, -0.25) is 0 Å². The number of aromatic amines is 1. The van der Waals surface area contributed by atoms with E-state index in [-0.39, 0.29) is 6.61 Å². The van der Waals surface area contributed by atoms with Crippen molar-refractivity contribution < 1.29 is 17.9 Å². The maximum Gasteiger partial charge on any atom is 0.737 e. The van der Waals surface area contributed by atoms with Gasteiger partial charge >= 0.3 is 6.97 Å². The molecule has 0 radical (unpaired) electrons. The van der Waals surface area contributed by atoms with Crippen LogP contribution in [0.3, 0.4) is 0 Å². The molecule has 0 saturated heterocycles. The molecular weight excluding hydrogens is 527 g/mol. The summed E-state index contributed by atoms with van der Waals surface area (Å²) in [4.78, 5) is 3.29. The standard InChI is InChI=1S/C35H34BF2N3O/c1-7-20-42-27-17-14-25(15-18-27)33-34-22(4)28(8-2)24(6)40(34)36(37,38)41-32(29(9-3)23(5)35(33)41)19-16-26-21-39-31-13-11-10-12-30(26)31/h1,10-19,21,39H,8-9,20H2,2-6H3/b19-16+. The molecule has 0 amide bonds. The summed E-state index contributed by atoms with van der Waals surface area (Å²) in [6.07, 6.45) is 12.4. The fourth-order valence-corrected chi connectivity index (χ4v) is 6.91. The van der Waals surface area contributed by atoms with Gasteiger partial charge in [-0.25, -0.2) is 0 Å². The number of rotatable bonds is 7. The van der Waals surface area contributed by atoms with Gasteiger partial charge < -0.3 is 27.3 Å². The molecule has 2 aromatic heterocycles. The highest BCUT2D eigenvalue weighted by molar-refractivity contribution is 6.58. The number of allylic oxidation sites excluding steroid dienone is 3. The molecule has 2 aromatic carbocycles. The van der Waals surface area contributed by atoms with Crippen LogP contribution in [0.2, 0.25) is 0 Å². The number of aromatic nitrogens is 2. The SMILES string of the molecule is C#CCOc1ccc(C2=C3C(C)=C(CC)C(/C=C/c4c[nH]c5ccccc45)=[N+]3[B-](F)(F)n3c(C)c(CC)c(C)c32)cc1. The first-order valence-electron chi connectivity index (χ1n) is 14.5. The molecule has 1 N–H and O–H groups in total. The Morgan fingerprint density at radius 1 is 1.02 bits per heavy atom. The van der Waals surface area contributed by atoms with E-state index in [1.807, 2.05) is 101 Å². The molecular formula is C35H34BF2N3O. The molecule has 4 aromatic rings. The molecule has 0 aliphatic carbocycles. The van der Waals surface area contributed by atoms with E-state index in [9.17, 15) is 0 Å². The molecule has 0 unspecified atom stereocenters. The first kappa shape index (κ1) is 27.6. The third-order valence-corrected chi connectivity index (χ3v) is 8.77. The number of ether oxygens (including phenoxy) is 1. The van der Waals surface area contributed by atoms with Crippen molar-refractivity contribution in [2.45, 2.75) is 47.5 Å². The van der Waals surface area contributed by atoms with E-state index >= 15 is 8.63 Å². The van der Waals surface area contributed by atoms with Crippen molar-refractivity contribution in [2.24, 2.45) is 0 Å². The van der Waals surface area contributed by atoms with E-state index in [0.29, 0.717) is 41.4 Å². The quantitative estimate of drug-likeness (QED) is 0.180. The van der Waals surface area contributed by atoms with Crippen molar-refractivity contribution in [3.8, 4) is 18.1 Å². The number of hydrogen-bond acceptors (Lipinski definition) is 1. The number of benzene rings is 2. The van der Waals surface area contributed by atoms with Gasteiger partial charge in [-0.1, -0.05) is 50.1 Å². The topological polar surface area (TPSA) is 33.0 Å². The number of nitrogens with one attached hydrogen (secondary N) is 1. The normalized spacial score (nSPS) is 16.0. The number of nitrogens with zero attached hydrogens (tertiary/aromatic N) is 2. The van der Waals surface area contributed by atoms with E-state index in [1.165, 1.54) is 8.96 Å². The van der Waals surface area contributed by atoms with Crippen LogP contribution in [-0.2, 0) is 6.42 Å². The maximum absolute atomic E-state index is 17.1. The molecule has 0 spiro atoms. The Morgan fingerprint density at radius 2 is 1.76 bits per heavy atom. The van der Waals surface area contributed by atoms with Gasteiger partial charge in [0.2, 0.25) is 0 Å². The van der Waals surface area contributed by atoms with Crippen LogP contribution in [0.15, 0.2) is 77.6 Å². The summed E-state index contributed by atoms with van der Waals surface area (Å²) in [5.41, 5.74) is 9.63. The Hall–Kier alpha value is -4.57. The number of fused-ring (bicyclic) bond motifs is 3. The molecule has 0 saturated carbocycles. The molecule has 212 valence electrons. The first-order valence-corrected chi connectivity index (χ1v) is 14.5. The van der Waals surface area contributed by atoms with Gasteiger partial charge in [-0.2, -0.15) is 0 Å². The number of hydrogen-bond donors (Lipinski definition) is 1. The Labute approximate surface area is 245 Å². The van der Waals surface area contributed by atoms with Gasteiger partial charge in [0.15, 0.2) is 11.4 Å². The van der Waals surface area contributed by atoms with Crippen LogP contribution < -0.4 is 4.74 Å². The predicted molar refractivity (Wildman–Crippen MR) is 169 cm³/mol. The number of para-hydroxylation sites is 1. The summed E-state index contributed by atoms with van der Waals surface area (Å²) >= 11 is 0. The molecule has 42 heavy (non-hydrogen) atoms. The maximum atomic E-state index is 17.1. The molecule has 0 bridgehead atoms. The molecule has 0 fully saturated rings. The lowest BCUT2D eigenvalue weighted by Crippen LogP contribution is -2.51. The third kappa shape index (κ3) is 4.00. The van der Waals surface area contributed by atoms with Gasteiger partial charge in [0, 0.05) is 40.0 Å². The average Bonchev–Trinajstić information content (AvgIpc) is 3.61. The first-order chi connectivity index (χ1) is 20.2. The number of terminal acetylenes is 1. The fourth-order valence-electron chi connectivity index (χ4n) is 6.91. The summed E-state index contributed by atoms with van der Waals surface area (Å²) in [5.74, 6) is 3.13. The van der Waals surface area contributed by atoms with Crippen LogP contribution in [-0.4, -0.2) is 33.2 Å². The number of halogens is 2. The van der Waals surface area contributed by atoms with Crippen LogP contribution in [0, 0.1) is 26.2 Å². The highest BCUT2D eigenvalue weighted by Gasteiger charge is 2.57. The molecule has 4 nitrogen and oxygen atoms in total. The van der Waals surface area contributed by atoms with Crippen LogP contribution in [0.5, 0.6) is 5.75 Å². The van der Waals surface area contributed by atoms with Crippen molar-refractivity contribution in [1.82, 2.24) is 9.46 Å². The van der Waals surface area contributed by atoms with Crippen molar-refractivity contribution in [3.05, 3.63) is 111 Å². The summed E-state index contributed by atoms with van der Waals surface area (Å²) in [6.45, 7) is 5.82. The van der Waals surface area contributed by atoms with Gasteiger partial charge in [0.25, 0.3) is 0 Å². The third-order valence-electron chi connectivity index (χ3n) is 8.77. The van der Waals surface area contributed by atoms with Gasteiger partial charge in [0.1, 0.15) is 12.4 Å². The summed E-state index contributed by atoms with van der Waals surface area (Å²) in [5, 5.41) is 1.05. The molecule has 0 atom stereocenters. The molecule has 2 aliphatic rings. The van der Waals surface area contributed by atoms with Gasteiger partial charge in [-0.05, 0) is 85.8 Å². The highest BCUT2D eigenvalue weighted by atomic mass is 19.2. The minimum absolute atomic E-state index is 0.166. The molecule has 7 heteroatoms. The Kier molecular flexibility index (Phi) is 6.81. The monoisotopic (exact) mass is 561 g/mol. The van der Waals surface area contributed by atoms with Gasteiger partial charge in [0.05, 0.1) is 5.57 Å². The van der Waals surface area contributed by atoms with E-state index < -0.39 is 6.97 Å². The van der Waals surface area contributed by atoms with Crippen molar-refractivity contribution in [3.63, 3.8) is 0 Å². The van der Waals surface area contributed by atoms with E-state index in [4.69, 9.17) is 11.2 Å². The lowest BCUT2D eigenvalue weighted by atomic mass is 9.83. The lowest BCUT2D eigenvalue weighted by Gasteiger charge is -2.34. The zero-order valence-corrected chi connectivity index (χ0v) is 24.7. The van der Waals surface area contributed by atoms with Crippen molar-refractivity contribution in [1.29, 1.82) is 0 Å². The Balaban J connectivity index is 1.65. The Bertz CT molecular complexity index is 1910. The molecule has 4 heterocycles. The zero-order valence-electron chi connectivity index (χ0n) is 24.7. The van der Waals surface area contributed by atoms with E-state index in [2.05, 4.69) is 10.9 Å². The van der Waals surface area contributed by atoms with E-state index in [0.717, 1.165) is 49.9 Å². The average molecular weight is 561 g/mol. The second-order valence-corrected chi connectivity index (χ2v) is 10.9. The van der Waals surface area contributed by atoms with E-state index in [1.54, 1.807) is 0 Å². The van der Waals surface area contributed by atoms with Crippen molar-refractivity contribution >= 4 is 35.2 Å². The van der Waals surface area contributed by atoms with Crippen LogP contribution in [0.4, 0.5) is 8.63 Å². The highest BCUT2D eigenvalue weighted by Crippen LogP contribution is 2.47. The molecule has 2 aliphatic heterocycles. The van der Waals surface area contributed by atoms with Crippen molar-refractivity contribution in [2.75, 3.05) is 6.61 Å². The summed E-state index contributed by atoms with van der Waals surface area (Å²) in [6, 6.07) is 15.6. The minimum atomic E-state index is -4.18. The van der Waals surface area contributed by atoms with Crippen LogP contribution in [0.25, 0.3) is 22.6 Å². The fraction of sp³-hybridized carbons (Fsp3) is 0.229. The summed E-state index contributed by atoms with van der Waals surface area (Å²) < 4.78 is 42.4. The molecule has 6 rings (SSSR count). The van der Waals surface area contributed by atoms with Crippen LogP contribution in [0.1, 0.15) is 60.8 Å². The second-order valence-electron chi connectivity index (χ2n) is 10.9. The lowest BCUT2D eigenvalue weighted by molar-refractivity contribution is -0.362. The second kappa shape index (κ2) is 10.4. The minimum Gasteiger partial charge on any atom is -0.481 e. The predicted octanol–water partition coefficient (Wildman–Crippen LogP) is 8.06. The summed E-state index contributed by atoms with van der Waals surface area (Å²) in [7, 11) is 0. The largest absolute Gasteiger partial charge is 0.737 e. The van der Waals surface area contributed by atoms with Gasteiger partial charge in [-0.15, -0.1) is 6.42 Å². The zero-order chi connectivity index (χ0) is 29.8. The Morgan fingerprint density at radius 3 is 2.45 bits per heavy atom. The number of H-pyrrole nitrogens is 1.